The van der Waals surface area contributed by atoms with Crippen LogP contribution in [-0.2, 0) is 0 Å². The Balaban J connectivity index is 2.32. The molecule has 1 unspecified atom stereocenters. The molecule has 1 amide bonds. The van der Waals surface area contributed by atoms with Gasteiger partial charge in [-0.25, -0.2) is 0 Å². The van der Waals surface area contributed by atoms with Crippen LogP contribution in [0.5, 0.6) is 0 Å². The van der Waals surface area contributed by atoms with E-state index in [2.05, 4.69) is 0 Å². The van der Waals surface area contributed by atoms with Crippen molar-refractivity contribution >= 4 is 35.0 Å². The van der Waals surface area contributed by atoms with E-state index in [1.807, 2.05) is 6.92 Å². The third-order valence-corrected chi connectivity index (χ3v) is 4.29. The predicted octanol–water partition coefficient (Wildman–Crippen LogP) is 2.83. The largest absolute Gasteiger partial charge is 0.336 e. The Labute approximate surface area is 120 Å². The third-order valence-electron chi connectivity index (χ3n) is 2.91. The van der Waals surface area contributed by atoms with E-state index in [0.29, 0.717) is 23.4 Å². The van der Waals surface area contributed by atoms with Crippen molar-refractivity contribution in [3.05, 3.63) is 38.9 Å². The number of nitro benzene ring substituents is 1. The smallest absolute Gasteiger partial charge is 0.282 e. The zero-order valence-corrected chi connectivity index (χ0v) is 11.9. The fourth-order valence-corrected chi connectivity index (χ4v) is 3.20. The molecule has 0 spiro atoms. The molecule has 0 bridgehead atoms. The Morgan fingerprint density at radius 2 is 2.32 bits per heavy atom. The molecule has 1 aromatic carbocycles. The number of nitro groups is 1. The van der Waals surface area contributed by atoms with Gasteiger partial charge in [0.1, 0.15) is 5.56 Å². The molecule has 0 N–H and O–H groups in total. The second-order valence-corrected chi connectivity index (χ2v) is 6.33. The first-order valence-electron chi connectivity index (χ1n) is 5.84. The van der Waals surface area contributed by atoms with Crippen molar-refractivity contribution in [3.63, 3.8) is 0 Å². The average molecular weight is 301 g/mol. The van der Waals surface area contributed by atoms with Crippen molar-refractivity contribution in [2.24, 2.45) is 0 Å². The van der Waals surface area contributed by atoms with Gasteiger partial charge >= 0.3 is 0 Å². The van der Waals surface area contributed by atoms with Gasteiger partial charge in [0.15, 0.2) is 0 Å². The summed E-state index contributed by atoms with van der Waals surface area (Å²) in [5, 5.41) is 11.6. The molecule has 0 aliphatic carbocycles. The van der Waals surface area contributed by atoms with Crippen LogP contribution >= 0.6 is 23.4 Å². The Hall–Kier alpha value is -1.27. The Morgan fingerprint density at radius 1 is 1.58 bits per heavy atom. The molecule has 0 aromatic heterocycles. The van der Waals surface area contributed by atoms with E-state index in [4.69, 9.17) is 11.6 Å². The molecule has 2 rings (SSSR count). The molecule has 1 saturated heterocycles. The molecule has 0 radical (unpaired) electrons. The van der Waals surface area contributed by atoms with E-state index < -0.39 is 4.92 Å². The zero-order valence-electron chi connectivity index (χ0n) is 10.3. The van der Waals surface area contributed by atoms with Crippen molar-refractivity contribution in [1.29, 1.82) is 0 Å². The monoisotopic (exact) mass is 300 g/mol. The van der Waals surface area contributed by atoms with Crippen LogP contribution in [0.2, 0.25) is 5.02 Å². The highest BCUT2D eigenvalue weighted by Crippen LogP contribution is 2.26. The maximum atomic E-state index is 12.4. The third kappa shape index (κ3) is 3.19. The zero-order chi connectivity index (χ0) is 14.0. The maximum absolute atomic E-state index is 12.4. The molecule has 1 atom stereocenters. The minimum Gasteiger partial charge on any atom is -0.336 e. The summed E-state index contributed by atoms with van der Waals surface area (Å²) in [7, 11) is 0. The molecular weight excluding hydrogens is 288 g/mol. The van der Waals surface area contributed by atoms with E-state index in [9.17, 15) is 14.9 Å². The predicted molar refractivity (Wildman–Crippen MR) is 75.9 cm³/mol. The maximum Gasteiger partial charge on any atom is 0.282 e. The highest BCUT2D eigenvalue weighted by Gasteiger charge is 2.27. The highest BCUT2D eigenvalue weighted by molar-refractivity contribution is 7.99. The van der Waals surface area contributed by atoms with Gasteiger partial charge in [-0.15, -0.1) is 0 Å². The molecule has 1 fully saturated rings. The van der Waals surface area contributed by atoms with Crippen LogP contribution in [0.1, 0.15) is 17.3 Å². The number of halogens is 1. The quantitative estimate of drug-likeness (QED) is 0.622. The van der Waals surface area contributed by atoms with Gasteiger partial charge in [-0.1, -0.05) is 18.5 Å². The second-order valence-electron chi connectivity index (χ2n) is 4.35. The normalized spacial score (nSPS) is 19.3. The molecule has 19 heavy (non-hydrogen) atoms. The first-order chi connectivity index (χ1) is 8.99. The van der Waals surface area contributed by atoms with Crippen LogP contribution in [0.4, 0.5) is 5.69 Å². The first kappa shape index (κ1) is 14.1. The molecular formula is C12H13ClN2O3S. The molecule has 1 aromatic rings. The van der Waals surface area contributed by atoms with Gasteiger partial charge in [-0.3, -0.25) is 14.9 Å². The molecule has 5 nitrogen and oxygen atoms in total. The molecule has 7 heteroatoms. The van der Waals surface area contributed by atoms with Crippen molar-refractivity contribution in [2.75, 3.05) is 18.8 Å². The number of thioether (sulfide) groups is 1. The number of nitrogens with zero attached hydrogens (tertiary/aromatic N) is 2. The van der Waals surface area contributed by atoms with Gasteiger partial charge in [-0.2, -0.15) is 11.8 Å². The van der Waals surface area contributed by atoms with Gasteiger partial charge in [0.05, 0.1) is 4.92 Å². The van der Waals surface area contributed by atoms with Crippen LogP contribution in [0.3, 0.4) is 0 Å². The van der Waals surface area contributed by atoms with Crippen LogP contribution in [-0.4, -0.2) is 39.8 Å². The van der Waals surface area contributed by atoms with Gasteiger partial charge < -0.3 is 4.90 Å². The summed E-state index contributed by atoms with van der Waals surface area (Å²) < 4.78 is 0. The highest BCUT2D eigenvalue weighted by atomic mass is 35.5. The van der Waals surface area contributed by atoms with Crippen LogP contribution in [0.15, 0.2) is 18.2 Å². The lowest BCUT2D eigenvalue weighted by Gasteiger charge is -2.30. The minimum absolute atomic E-state index is 0.0663. The van der Waals surface area contributed by atoms with Crippen molar-refractivity contribution < 1.29 is 9.72 Å². The van der Waals surface area contributed by atoms with E-state index in [1.165, 1.54) is 18.2 Å². The molecule has 102 valence electrons. The summed E-state index contributed by atoms with van der Waals surface area (Å²) in [6, 6.07) is 4.07. The van der Waals surface area contributed by atoms with Crippen molar-refractivity contribution in [2.45, 2.75) is 12.2 Å². The van der Waals surface area contributed by atoms with Gasteiger partial charge in [0.25, 0.3) is 11.6 Å². The van der Waals surface area contributed by atoms with Gasteiger partial charge in [0.2, 0.25) is 0 Å². The fraction of sp³-hybridized carbons (Fsp3) is 0.417. The summed E-state index contributed by atoms with van der Waals surface area (Å²) >= 11 is 7.63. The molecule has 1 aliphatic heterocycles. The Morgan fingerprint density at radius 3 is 2.95 bits per heavy atom. The summed E-state index contributed by atoms with van der Waals surface area (Å²) in [5.74, 6) is 0.530. The number of hydrogen-bond acceptors (Lipinski definition) is 4. The Bertz CT molecular complexity index is 524. The average Bonchev–Trinajstić information content (AvgIpc) is 2.37. The lowest BCUT2D eigenvalue weighted by molar-refractivity contribution is -0.385. The lowest BCUT2D eigenvalue weighted by Crippen LogP contribution is -2.41. The SMILES string of the molecule is CC1CN(C(=O)c2cc(Cl)ccc2[N+](=O)[O-])CCS1. The topological polar surface area (TPSA) is 63.5 Å². The number of carbonyl (C=O) groups is 1. The van der Waals surface area contributed by atoms with E-state index in [0.717, 1.165) is 5.75 Å². The van der Waals surface area contributed by atoms with Crippen LogP contribution < -0.4 is 0 Å². The van der Waals surface area contributed by atoms with Crippen LogP contribution in [0.25, 0.3) is 0 Å². The summed E-state index contributed by atoms with van der Waals surface area (Å²) in [4.78, 5) is 24.5. The first-order valence-corrected chi connectivity index (χ1v) is 7.26. The summed E-state index contributed by atoms with van der Waals surface area (Å²) in [6.45, 7) is 3.25. The standard InChI is InChI=1S/C12H13ClN2O3S/c1-8-7-14(4-5-19-8)12(16)10-6-9(13)2-3-11(10)15(17)18/h2-3,6,8H,4-5,7H2,1H3. The fourth-order valence-electron chi connectivity index (χ4n) is 2.01. The number of rotatable bonds is 2. The number of carbonyl (C=O) groups excluding carboxylic acids is 1. The minimum atomic E-state index is -0.550. The molecule has 0 saturated carbocycles. The Kier molecular flexibility index (Phi) is 4.31. The summed E-state index contributed by atoms with van der Waals surface area (Å²) in [6.07, 6.45) is 0. The summed E-state index contributed by atoms with van der Waals surface area (Å²) in [5.41, 5.74) is -0.128. The van der Waals surface area contributed by atoms with E-state index in [-0.39, 0.29) is 17.2 Å². The number of benzene rings is 1. The van der Waals surface area contributed by atoms with Crippen molar-refractivity contribution in [1.82, 2.24) is 4.90 Å². The van der Waals surface area contributed by atoms with Crippen LogP contribution in [0, 0.1) is 10.1 Å². The van der Waals surface area contributed by atoms with Gasteiger partial charge in [0, 0.05) is 35.2 Å². The van der Waals surface area contributed by atoms with E-state index in [1.54, 1.807) is 16.7 Å². The van der Waals surface area contributed by atoms with Crippen molar-refractivity contribution in [3.8, 4) is 0 Å². The molecule has 1 heterocycles. The molecule has 1 aliphatic rings. The number of hydrogen-bond donors (Lipinski definition) is 0. The number of amides is 1. The lowest BCUT2D eigenvalue weighted by atomic mass is 10.1. The second kappa shape index (κ2) is 5.79. The van der Waals surface area contributed by atoms with Gasteiger partial charge in [-0.05, 0) is 12.1 Å². The van der Waals surface area contributed by atoms with E-state index >= 15 is 0 Å².